The van der Waals surface area contributed by atoms with E-state index >= 15 is 0 Å². The number of hydrogen-bond acceptors (Lipinski definition) is 2. The average Bonchev–Trinajstić information content (AvgIpc) is 2.94. The van der Waals surface area contributed by atoms with Crippen molar-refractivity contribution in [2.75, 3.05) is 13.1 Å². The summed E-state index contributed by atoms with van der Waals surface area (Å²) in [6.45, 7) is 3.43. The lowest BCUT2D eigenvalue weighted by molar-refractivity contribution is -0.131. The molecule has 1 aromatic carbocycles. The fourth-order valence-corrected chi connectivity index (χ4v) is 3.00. The number of aromatic nitrogens is 2. The largest absolute Gasteiger partial charge is 0.346 e. The van der Waals surface area contributed by atoms with Crippen molar-refractivity contribution in [2.45, 2.75) is 32.1 Å². The lowest BCUT2D eigenvalue weighted by Crippen LogP contribution is -2.40. The van der Waals surface area contributed by atoms with Crippen molar-refractivity contribution < 1.29 is 9.18 Å². The molecular weight excluding hydrogens is 281 g/mol. The zero-order valence-electron chi connectivity index (χ0n) is 12.7. The zero-order chi connectivity index (χ0) is 15.5. The molecule has 2 aromatic rings. The van der Waals surface area contributed by atoms with Gasteiger partial charge in [-0.1, -0.05) is 12.1 Å². The third-order valence-electron chi connectivity index (χ3n) is 4.13. The van der Waals surface area contributed by atoms with Crippen molar-refractivity contribution in [3.05, 3.63) is 53.4 Å². The number of halogens is 1. The van der Waals surface area contributed by atoms with Crippen LogP contribution in [0, 0.1) is 12.7 Å². The molecule has 0 radical (unpaired) electrons. The molecule has 0 bridgehead atoms. The number of amides is 1. The van der Waals surface area contributed by atoms with Crippen LogP contribution in [-0.2, 0) is 11.2 Å². The van der Waals surface area contributed by atoms with Crippen LogP contribution in [0.2, 0.25) is 0 Å². The Morgan fingerprint density at radius 1 is 1.50 bits per heavy atom. The maximum Gasteiger partial charge on any atom is 0.227 e. The highest BCUT2D eigenvalue weighted by Crippen LogP contribution is 2.25. The zero-order valence-corrected chi connectivity index (χ0v) is 12.7. The van der Waals surface area contributed by atoms with Gasteiger partial charge in [-0.2, -0.15) is 0 Å². The van der Waals surface area contributed by atoms with Gasteiger partial charge in [0.2, 0.25) is 5.91 Å². The molecule has 0 spiro atoms. The summed E-state index contributed by atoms with van der Waals surface area (Å²) in [5, 5.41) is 0. The van der Waals surface area contributed by atoms with Gasteiger partial charge in [-0.25, -0.2) is 9.37 Å². The van der Waals surface area contributed by atoms with Crippen LogP contribution in [0.25, 0.3) is 0 Å². The molecule has 1 aliphatic heterocycles. The van der Waals surface area contributed by atoms with Gasteiger partial charge < -0.3 is 9.88 Å². The van der Waals surface area contributed by atoms with Gasteiger partial charge >= 0.3 is 0 Å². The van der Waals surface area contributed by atoms with E-state index in [9.17, 15) is 9.18 Å². The number of benzene rings is 1. The molecule has 1 N–H and O–H groups in total. The summed E-state index contributed by atoms with van der Waals surface area (Å²) < 4.78 is 13.2. The van der Waals surface area contributed by atoms with Crippen LogP contribution in [0.15, 0.2) is 30.5 Å². The van der Waals surface area contributed by atoms with E-state index in [1.54, 1.807) is 12.1 Å². The summed E-state index contributed by atoms with van der Waals surface area (Å²) in [7, 11) is 0. The Labute approximate surface area is 129 Å². The Hall–Kier alpha value is -2.17. The van der Waals surface area contributed by atoms with Crippen molar-refractivity contribution >= 4 is 5.91 Å². The number of piperidine rings is 1. The van der Waals surface area contributed by atoms with Crippen molar-refractivity contribution in [3.63, 3.8) is 0 Å². The molecule has 1 fully saturated rings. The van der Waals surface area contributed by atoms with E-state index in [1.165, 1.54) is 12.1 Å². The number of nitrogens with one attached hydrogen (secondary N) is 1. The lowest BCUT2D eigenvalue weighted by Gasteiger charge is -2.32. The third-order valence-corrected chi connectivity index (χ3v) is 4.13. The Morgan fingerprint density at radius 3 is 3.09 bits per heavy atom. The lowest BCUT2D eigenvalue weighted by atomic mass is 9.96. The minimum absolute atomic E-state index is 0.0542. The standard InChI is InChI=1S/C17H20FN3O/c1-12-10-19-17(20-12)14-5-3-7-21(11-14)16(22)9-13-4-2-6-15(18)8-13/h2,4,6,8,10,14H,3,5,7,9,11H2,1H3,(H,19,20)/t14-/m0/s1. The summed E-state index contributed by atoms with van der Waals surface area (Å²) >= 11 is 0. The predicted molar refractivity (Wildman–Crippen MR) is 82.0 cm³/mol. The first-order chi connectivity index (χ1) is 10.6. The number of aryl methyl sites for hydroxylation is 1. The second-order valence-electron chi connectivity index (χ2n) is 5.94. The Morgan fingerprint density at radius 2 is 2.36 bits per heavy atom. The van der Waals surface area contributed by atoms with E-state index in [2.05, 4.69) is 9.97 Å². The molecule has 0 unspecified atom stereocenters. The fraction of sp³-hybridized carbons (Fsp3) is 0.412. The number of likely N-dealkylation sites (tertiary alicyclic amines) is 1. The molecule has 3 rings (SSSR count). The summed E-state index contributed by atoms with van der Waals surface area (Å²) in [4.78, 5) is 22.0. The van der Waals surface area contributed by atoms with Crippen molar-refractivity contribution in [1.29, 1.82) is 0 Å². The summed E-state index contributed by atoms with van der Waals surface area (Å²) in [6.07, 6.45) is 4.08. The third kappa shape index (κ3) is 3.35. The van der Waals surface area contributed by atoms with Gasteiger partial charge in [-0.15, -0.1) is 0 Å². The fourth-order valence-electron chi connectivity index (χ4n) is 3.00. The van der Waals surface area contributed by atoms with Crippen molar-refractivity contribution in [3.8, 4) is 0 Å². The quantitative estimate of drug-likeness (QED) is 0.947. The molecule has 1 atom stereocenters. The molecule has 1 saturated heterocycles. The van der Waals surface area contributed by atoms with Crippen molar-refractivity contribution in [1.82, 2.24) is 14.9 Å². The minimum Gasteiger partial charge on any atom is -0.346 e. The predicted octanol–water partition coefficient (Wildman–Crippen LogP) is 2.81. The van der Waals surface area contributed by atoms with E-state index in [4.69, 9.17) is 0 Å². The molecule has 1 aliphatic rings. The Bertz CT molecular complexity index is 667. The number of aromatic amines is 1. The molecule has 2 heterocycles. The van der Waals surface area contributed by atoms with Crippen LogP contribution in [0.3, 0.4) is 0 Å². The first kappa shape index (κ1) is 14.8. The first-order valence-corrected chi connectivity index (χ1v) is 7.65. The van der Waals surface area contributed by atoms with Crippen LogP contribution in [0.4, 0.5) is 4.39 Å². The highest BCUT2D eigenvalue weighted by atomic mass is 19.1. The van der Waals surface area contributed by atoms with E-state index in [1.807, 2.05) is 18.0 Å². The van der Waals surface area contributed by atoms with Crippen LogP contribution in [-0.4, -0.2) is 33.9 Å². The maximum absolute atomic E-state index is 13.2. The number of hydrogen-bond donors (Lipinski definition) is 1. The number of nitrogens with zero attached hydrogens (tertiary/aromatic N) is 2. The van der Waals surface area contributed by atoms with Crippen LogP contribution < -0.4 is 0 Å². The molecule has 1 amide bonds. The van der Waals surface area contributed by atoms with E-state index < -0.39 is 0 Å². The van der Waals surface area contributed by atoms with Gasteiger partial charge in [0.05, 0.1) is 6.42 Å². The number of H-pyrrole nitrogens is 1. The topological polar surface area (TPSA) is 49.0 Å². The number of carbonyl (C=O) groups is 1. The highest BCUT2D eigenvalue weighted by molar-refractivity contribution is 5.79. The SMILES string of the molecule is Cc1cnc([C@H]2CCCN(C(=O)Cc3cccc(F)c3)C2)[nH]1. The molecule has 5 heteroatoms. The number of imidazole rings is 1. The van der Waals surface area contributed by atoms with Crippen LogP contribution in [0.1, 0.15) is 35.8 Å². The van der Waals surface area contributed by atoms with Gasteiger partial charge in [0.25, 0.3) is 0 Å². The number of rotatable bonds is 3. The molecule has 0 aliphatic carbocycles. The first-order valence-electron chi connectivity index (χ1n) is 7.65. The molecule has 1 aromatic heterocycles. The van der Waals surface area contributed by atoms with Gasteiger partial charge in [-0.3, -0.25) is 4.79 Å². The summed E-state index contributed by atoms with van der Waals surface area (Å²) in [5.74, 6) is 0.978. The number of carbonyl (C=O) groups excluding carboxylic acids is 1. The summed E-state index contributed by atoms with van der Waals surface area (Å²) in [5.41, 5.74) is 1.76. The second kappa shape index (κ2) is 6.30. The normalized spacial score (nSPS) is 18.5. The van der Waals surface area contributed by atoms with Gasteiger partial charge in [-0.05, 0) is 37.5 Å². The molecule has 0 saturated carbocycles. The van der Waals surface area contributed by atoms with Crippen LogP contribution in [0.5, 0.6) is 0 Å². The summed E-state index contributed by atoms with van der Waals surface area (Å²) in [6, 6.07) is 6.25. The van der Waals surface area contributed by atoms with E-state index in [0.29, 0.717) is 6.54 Å². The van der Waals surface area contributed by atoms with Gasteiger partial charge in [0.15, 0.2) is 0 Å². The Balaban J connectivity index is 1.65. The van der Waals surface area contributed by atoms with E-state index in [-0.39, 0.29) is 24.1 Å². The molecule has 22 heavy (non-hydrogen) atoms. The van der Waals surface area contributed by atoms with Gasteiger partial charge in [0.1, 0.15) is 11.6 Å². The van der Waals surface area contributed by atoms with E-state index in [0.717, 1.165) is 36.5 Å². The highest BCUT2D eigenvalue weighted by Gasteiger charge is 2.26. The monoisotopic (exact) mass is 301 g/mol. The maximum atomic E-state index is 13.2. The minimum atomic E-state index is -0.298. The molecule has 116 valence electrons. The smallest absolute Gasteiger partial charge is 0.227 e. The van der Waals surface area contributed by atoms with Gasteiger partial charge in [0, 0.05) is 30.9 Å². The van der Waals surface area contributed by atoms with Crippen molar-refractivity contribution in [2.24, 2.45) is 0 Å². The molecule has 4 nitrogen and oxygen atoms in total. The molecular formula is C17H20FN3O. The second-order valence-corrected chi connectivity index (χ2v) is 5.94. The average molecular weight is 301 g/mol. The van der Waals surface area contributed by atoms with Crippen LogP contribution >= 0.6 is 0 Å². The Kier molecular flexibility index (Phi) is 4.22.